The molecule has 2 N–H and O–H groups in total. The highest BCUT2D eigenvalue weighted by Gasteiger charge is 2.28. The summed E-state index contributed by atoms with van der Waals surface area (Å²) in [7, 11) is 5.88. The molecule has 3 aromatic carbocycles. The fourth-order valence-electron chi connectivity index (χ4n) is 5.20. The lowest BCUT2D eigenvalue weighted by molar-refractivity contribution is 0.0985. The number of halogens is 1. The van der Waals surface area contributed by atoms with E-state index in [-0.39, 0.29) is 34.6 Å². The summed E-state index contributed by atoms with van der Waals surface area (Å²) in [6.07, 6.45) is 2.12. The quantitative estimate of drug-likeness (QED) is 0.240. The van der Waals surface area contributed by atoms with Crippen LogP contribution in [0.25, 0.3) is 10.4 Å². The van der Waals surface area contributed by atoms with Crippen molar-refractivity contribution in [1.29, 1.82) is 0 Å². The molecule has 5 aromatic rings. The number of hydrogen-bond donors (Lipinski definition) is 2. The Labute approximate surface area is 259 Å². The zero-order valence-corrected chi connectivity index (χ0v) is 24.8. The zero-order valence-electron chi connectivity index (χ0n) is 24.0. The Morgan fingerprint density at radius 1 is 0.932 bits per heavy atom. The van der Waals surface area contributed by atoms with Gasteiger partial charge >= 0.3 is 0 Å². The maximum absolute atomic E-state index is 14.4. The second kappa shape index (κ2) is 11.9. The molecule has 2 aromatic heterocycles. The van der Waals surface area contributed by atoms with Crippen LogP contribution in [-0.2, 0) is 6.42 Å². The van der Waals surface area contributed by atoms with Crippen molar-refractivity contribution < 1.29 is 18.8 Å². The lowest BCUT2D eigenvalue weighted by Gasteiger charge is -2.23. The molecule has 0 spiro atoms. The molecule has 6 rings (SSSR count). The minimum atomic E-state index is -0.486. The van der Waals surface area contributed by atoms with Crippen LogP contribution in [-0.4, -0.2) is 37.1 Å². The molecule has 0 fully saturated rings. The number of amides is 3. The molecule has 1 aliphatic rings. The van der Waals surface area contributed by atoms with Crippen LogP contribution >= 0.6 is 11.3 Å². The first-order valence-electron chi connectivity index (χ1n) is 13.9. The normalized spacial score (nSPS) is 12.1. The summed E-state index contributed by atoms with van der Waals surface area (Å²) < 4.78 is 14.4. The van der Waals surface area contributed by atoms with Gasteiger partial charge in [0.15, 0.2) is 0 Å². The van der Waals surface area contributed by atoms with Crippen LogP contribution in [0.1, 0.15) is 47.1 Å². The highest BCUT2D eigenvalue weighted by molar-refractivity contribution is 7.17. The van der Waals surface area contributed by atoms with Crippen LogP contribution in [0.2, 0.25) is 0 Å². The number of para-hydroxylation sites is 2. The van der Waals surface area contributed by atoms with Gasteiger partial charge in [0.25, 0.3) is 17.7 Å². The molecular formula is C34H26BFN4O3S. The van der Waals surface area contributed by atoms with Crippen molar-refractivity contribution in [2.45, 2.75) is 20.3 Å². The number of carbonyl (C=O) groups is 3. The van der Waals surface area contributed by atoms with Gasteiger partial charge in [0.05, 0.1) is 21.8 Å². The average molecular weight is 600 g/mol. The molecule has 0 unspecified atom stereocenters. The van der Waals surface area contributed by atoms with E-state index in [1.165, 1.54) is 17.4 Å². The maximum Gasteiger partial charge on any atom is 0.265 e. The van der Waals surface area contributed by atoms with Crippen molar-refractivity contribution in [3.63, 3.8) is 0 Å². The van der Waals surface area contributed by atoms with Gasteiger partial charge in [-0.2, -0.15) is 0 Å². The van der Waals surface area contributed by atoms with Gasteiger partial charge in [-0.25, -0.2) is 4.39 Å². The third-order valence-corrected chi connectivity index (χ3v) is 8.68. The predicted octanol–water partition coefficient (Wildman–Crippen LogP) is 6.07. The molecule has 3 heterocycles. The van der Waals surface area contributed by atoms with Gasteiger partial charge in [-0.1, -0.05) is 30.3 Å². The summed E-state index contributed by atoms with van der Waals surface area (Å²) >= 11 is 1.32. The molecule has 0 bridgehead atoms. The first-order valence-corrected chi connectivity index (χ1v) is 14.7. The minimum Gasteiger partial charge on any atom is -0.322 e. The van der Waals surface area contributed by atoms with Crippen LogP contribution < -0.4 is 21.1 Å². The smallest absolute Gasteiger partial charge is 0.265 e. The highest BCUT2D eigenvalue weighted by atomic mass is 32.1. The van der Waals surface area contributed by atoms with Gasteiger partial charge in [-0.3, -0.25) is 19.4 Å². The SMILES string of the molecule is [B]c1ncc(C)cc1C(=O)Nc1ccc(C(=O)N2CCc3cc(C(=O)Nc4c(C)cccc4F)sc3-c3ccccc32)cc1. The van der Waals surface area contributed by atoms with Gasteiger partial charge in [0, 0.05) is 40.0 Å². The van der Waals surface area contributed by atoms with E-state index in [0.29, 0.717) is 34.7 Å². The summed E-state index contributed by atoms with van der Waals surface area (Å²) in [6.45, 7) is 3.97. The van der Waals surface area contributed by atoms with Crippen molar-refractivity contribution >= 4 is 59.6 Å². The van der Waals surface area contributed by atoms with E-state index in [2.05, 4.69) is 15.6 Å². The number of aromatic nitrogens is 1. The van der Waals surface area contributed by atoms with Crippen molar-refractivity contribution in [1.82, 2.24) is 4.98 Å². The number of thiophene rings is 1. The van der Waals surface area contributed by atoms with Crippen molar-refractivity contribution in [3.05, 3.63) is 124 Å². The molecule has 216 valence electrons. The van der Waals surface area contributed by atoms with Crippen molar-refractivity contribution in [2.24, 2.45) is 0 Å². The number of fused-ring (bicyclic) bond motifs is 3. The van der Waals surface area contributed by atoms with Crippen LogP contribution in [0.4, 0.5) is 21.5 Å². The number of carbonyl (C=O) groups excluding carboxylic acids is 3. The van der Waals surface area contributed by atoms with Gasteiger partial charge in [0.2, 0.25) is 0 Å². The Morgan fingerprint density at radius 2 is 1.70 bits per heavy atom. The van der Waals surface area contributed by atoms with Gasteiger partial charge in [-0.05, 0) is 85.5 Å². The second-order valence-electron chi connectivity index (χ2n) is 10.6. The number of benzene rings is 3. The molecule has 0 saturated heterocycles. The Bertz CT molecular complexity index is 1920. The summed E-state index contributed by atoms with van der Waals surface area (Å²) in [5.74, 6) is -1.44. The van der Waals surface area contributed by atoms with Gasteiger partial charge in [-0.15, -0.1) is 11.3 Å². The molecule has 44 heavy (non-hydrogen) atoms. The third kappa shape index (κ3) is 5.64. The molecule has 10 heteroatoms. The summed E-state index contributed by atoms with van der Waals surface area (Å²) in [5, 5.41) is 5.52. The van der Waals surface area contributed by atoms with Crippen LogP contribution in [0, 0.1) is 19.7 Å². The number of hydrogen-bond acceptors (Lipinski definition) is 5. The topological polar surface area (TPSA) is 91.4 Å². The highest BCUT2D eigenvalue weighted by Crippen LogP contribution is 2.42. The Morgan fingerprint density at radius 3 is 2.48 bits per heavy atom. The predicted molar refractivity (Wildman–Crippen MR) is 173 cm³/mol. The molecule has 7 nitrogen and oxygen atoms in total. The lowest BCUT2D eigenvalue weighted by atomic mass is 9.96. The van der Waals surface area contributed by atoms with Crippen LogP contribution in [0.5, 0.6) is 0 Å². The number of nitrogens with one attached hydrogen (secondary N) is 2. The van der Waals surface area contributed by atoms with E-state index < -0.39 is 5.82 Å². The largest absolute Gasteiger partial charge is 0.322 e. The first kappa shape index (κ1) is 29.0. The maximum atomic E-state index is 14.4. The minimum absolute atomic E-state index is 0.140. The molecule has 0 atom stereocenters. The van der Waals surface area contributed by atoms with E-state index in [1.54, 1.807) is 60.5 Å². The summed E-state index contributed by atoms with van der Waals surface area (Å²) in [6, 6.07) is 22.4. The van der Waals surface area contributed by atoms with E-state index in [1.807, 2.05) is 37.3 Å². The number of pyridine rings is 1. The van der Waals surface area contributed by atoms with Crippen LogP contribution in [0.15, 0.2) is 85.1 Å². The molecular weight excluding hydrogens is 574 g/mol. The average Bonchev–Trinajstić information content (AvgIpc) is 3.38. The zero-order chi connectivity index (χ0) is 31.0. The molecule has 0 saturated carbocycles. The molecule has 2 radical (unpaired) electrons. The monoisotopic (exact) mass is 600 g/mol. The molecule has 3 amide bonds. The number of anilines is 3. The first-order chi connectivity index (χ1) is 21.2. The number of rotatable bonds is 5. The fraction of sp³-hybridized carbons (Fsp3) is 0.118. The van der Waals surface area contributed by atoms with E-state index in [9.17, 15) is 18.8 Å². The van der Waals surface area contributed by atoms with E-state index in [4.69, 9.17) is 7.85 Å². The van der Waals surface area contributed by atoms with E-state index >= 15 is 0 Å². The Hall–Kier alpha value is -5.09. The lowest BCUT2D eigenvalue weighted by Crippen LogP contribution is -2.32. The van der Waals surface area contributed by atoms with Gasteiger partial charge < -0.3 is 15.5 Å². The van der Waals surface area contributed by atoms with Gasteiger partial charge in [0.1, 0.15) is 13.7 Å². The Kier molecular flexibility index (Phi) is 7.84. The van der Waals surface area contributed by atoms with E-state index in [0.717, 1.165) is 27.3 Å². The van der Waals surface area contributed by atoms with Crippen molar-refractivity contribution in [2.75, 3.05) is 22.1 Å². The third-order valence-electron chi connectivity index (χ3n) is 7.47. The summed E-state index contributed by atoms with van der Waals surface area (Å²) in [5.41, 5.74) is 5.53. The fourth-order valence-corrected chi connectivity index (χ4v) is 6.34. The second-order valence-corrected chi connectivity index (χ2v) is 11.6. The molecule has 1 aliphatic heterocycles. The number of aryl methyl sites for hydroxylation is 2. The summed E-state index contributed by atoms with van der Waals surface area (Å²) in [4.78, 5) is 46.8. The van der Waals surface area contributed by atoms with Crippen molar-refractivity contribution in [3.8, 4) is 10.4 Å². The Balaban J connectivity index is 1.22. The number of nitrogens with zero attached hydrogens (tertiary/aromatic N) is 2. The molecule has 0 aliphatic carbocycles. The standard InChI is InChI=1S/C34H26BFN4O3S/c1-19-16-25(31(35)37-18-19)32(41)38-23-12-10-21(11-13-23)34(43)40-15-14-22-17-28(44-30(22)24-7-3-4-9-27(24)40)33(42)39-29-20(2)6-5-8-26(29)36/h3-13,16-18H,14-15H2,1-2H3,(H,38,41)(H,39,42). The van der Waals surface area contributed by atoms with Crippen LogP contribution in [0.3, 0.4) is 0 Å².